The fourth-order valence-corrected chi connectivity index (χ4v) is 3.69. The zero-order valence-electron chi connectivity index (χ0n) is 14.8. The molecular formula is C21H16BrClFN2O+. The van der Waals surface area contributed by atoms with E-state index < -0.39 is 0 Å². The van der Waals surface area contributed by atoms with Crippen LogP contribution in [-0.2, 0) is 6.54 Å². The number of benzene rings is 2. The molecule has 4 rings (SSSR count). The summed E-state index contributed by atoms with van der Waals surface area (Å²) in [6.07, 6.45) is 3.87. The van der Waals surface area contributed by atoms with Crippen LogP contribution in [0.1, 0.15) is 16.7 Å². The normalized spacial score (nSPS) is 11.3. The molecule has 0 aliphatic rings. The maximum Gasteiger partial charge on any atom is 0.233 e. The lowest BCUT2D eigenvalue weighted by molar-refractivity contribution is -0.688. The monoisotopic (exact) mass is 445 g/mol. The van der Waals surface area contributed by atoms with Crippen molar-refractivity contribution in [1.29, 1.82) is 0 Å². The van der Waals surface area contributed by atoms with Gasteiger partial charge in [0.15, 0.2) is 24.5 Å². The molecule has 2 aromatic heterocycles. The molecule has 27 heavy (non-hydrogen) atoms. The summed E-state index contributed by atoms with van der Waals surface area (Å²) in [6.45, 7) is 4.61. The van der Waals surface area contributed by atoms with Gasteiger partial charge in [-0.25, -0.2) is 9.37 Å². The van der Waals surface area contributed by atoms with Gasteiger partial charge in [0.05, 0.1) is 9.50 Å². The van der Waals surface area contributed by atoms with Crippen molar-refractivity contribution in [3.05, 3.63) is 80.8 Å². The van der Waals surface area contributed by atoms with Crippen LogP contribution in [0.4, 0.5) is 4.39 Å². The number of halogens is 3. The first-order chi connectivity index (χ1) is 12.9. The van der Waals surface area contributed by atoms with E-state index in [1.54, 1.807) is 6.07 Å². The summed E-state index contributed by atoms with van der Waals surface area (Å²) < 4.78 is 22.1. The number of nitrogens with zero attached hydrogens (tertiary/aromatic N) is 2. The standard InChI is InChI=1S/C21H16BrClFN2O/c1-12-5-19-20(6-13(12)2)27-21(25-19)15-7-16(22)11-26(10-15)9-14-3-4-17(24)8-18(14)23/h3-8,10-11H,9H2,1-2H3/q+1. The number of pyridine rings is 1. The van der Waals surface area contributed by atoms with Crippen LogP contribution >= 0.6 is 27.5 Å². The first-order valence-corrected chi connectivity index (χ1v) is 9.58. The molecule has 0 fully saturated rings. The topological polar surface area (TPSA) is 29.9 Å². The van der Waals surface area contributed by atoms with E-state index in [-0.39, 0.29) is 5.82 Å². The molecule has 3 nitrogen and oxygen atoms in total. The van der Waals surface area contributed by atoms with Crippen LogP contribution in [0.15, 0.2) is 57.7 Å². The second-order valence-corrected chi connectivity index (χ2v) is 7.90. The Kier molecular flexibility index (Phi) is 4.74. The number of rotatable bonds is 3. The van der Waals surface area contributed by atoms with Crippen molar-refractivity contribution >= 4 is 38.6 Å². The lowest BCUT2D eigenvalue weighted by Gasteiger charge is -2.03. The number of aromatic nitrogens is 2. The number of hydrogen-bond donors (Lipinski definition) is 0. The maximum atomic E-state index is 13.3. The zero-order valence-corrected chi connectivity index (χ0v) is 17.1. The molecule has 4 aromatic rings. The van der Waals surface area contributed by atoms with Crippen molar-refractivity contribution in [2.75, 3.05) is 0 Å². The second kappa shape index (κ2) is 7.06. The van der Waals surface area contributed by atoms with Gasteiger partial charge in [0.1, 0.15) is 16.9 Å². The number of aryl methyl sites for hydroxylation is 2. The number of oxazole rings is 1. The van der Waals surface area contributed by atoms with Gasteiger partial charge >= 0.3 is 0 Å². The van der Waals surface area contributed by atoms with Gasteiger partial charge < -0.3 is 4.42 Å². The molecule has 6 heteroatoms. The fourth-order valence-electron chi connectivity index (χ4n) is 2.96. The Hall–Kier alpha value is -2.24. The highest BCUT2D eigenvalue weighted by Crippen LogP contribution is 2.27. The molecule has 2 aromatic carbocycles. The van der Waals surface area contributed by atoms with Gasteiger partial charge in [-0.2, -0.15) is 4.57 Å². The molecule has 0 atom stereocenters. The molecule has 2 heterocycles. The average Bonchev–Trinajstić information content (AvgIpc) is 3.00. The second-order valence-electron chi connectivity index (χ2n) is 6.57. The van der Waals surface area contributed by atoms with Gasteiger partial charge in [0.25, 0.3) is 0 Å². The number of fused-ring (bicyclic) bond motifs is 1. The van der Waals surface area contributed by atoms with E-state index in [1.807, 2.05) is 35.2 Å². The highest BCUT2D eigenvalue weighted by Gasteiger charge is 2.16. The Morgan fingerprint density at radius 1 is 1.11 bits per heavy atom. The summed E-state index contributed by atoms with van der Waals surface area (Å²) in [5, 5.41) is 0.400. The van der Waals surface area contributed by atoms with E-state index in [2.05, 4.69) is 34.8 Å². The Bertz CT molecular complexity index is 1130. The van der Waals surface area contributed by atoms with Gasteiger partial charge in [-0.3, -0.25) is 0 Å². The van der Waals surface area contributed by atoms with Crippen molar-refractivity contribution < 1.29 is 13.4 Å². The molecule has 0 spiro atoms. The van der Waals surface area contributed by atoms with Crippen LogP contribution in [0, 0.1) is 19.7 Å². The van der Waals surface area contributed by atoms with E-state index in [0.717, 1.165) is 26.7 Å². The maximum absolute atomic E-state index is 13.3. The SMILES string of the molecule is Cc1cc2nc(-c3cc(Br)c[n+](Cc4ccc(F)cc4Cl)c3)oc2cc1C. The van der Waals surface area contributed by atoms with Crippen LogP contribution in [0.25, 0.3) is 22.6 Å². The molecule has 0 aliphatic heterocycles. The fraction of sp³-hybridized carbons (Fsp3) is 0.143. The van der Waals surface area contributed by atoms with Crippen LogP contribution in [0.5, 0.6) is 0 Å². The smallest absolute Gasteiger partial charge is 0.233 e. The minimum absolute atomic E-state index is 0.347. The van der Waals surface area contributed by atoms with Crippen molar-refractivity contribution in [1.82, 2.24) is 4.98 Å². The van der Waals surface area contributed by atoms with Crippen LogP contribution in [0.2, 0.25) is 5.02 Å². The Labute approximate surface area is 169 Å². The summed E-state index contributed by atoms with van der Waals surface area (Å²) in [5.74, 6) is 0.205. The van der Waals surface area contributed by atoms with Gasteiger partial charge in [-0.1, -0.05) is 11.6 Å². The third-order valence-corrected chi connectivity index (χ3v) is 5.29. The highest BCUT2D eigenvalue weighted by molar-refractivity contribution is 9.10. The Morgan fingerprint density at radius 3 is 2.67 bits per heavy atom. The Balaban J connectivity index is 1.74. The van der Waals surface area contributed by atoms with E-state index in [4.69, 9.17) is 16.0 Å². The van der Waals surface area contributed by atoms with Crippen molar-refractivity contribution in [2.24, 2.45) is 0 Å². The predicted octanol–water partition coefficient (Wildman–Crippen LogP) is 6.00. The minimum Gasteiger partial charge on any atom is -0.436 e. The van der Waals surface area contributed by atoms with Crippen molar-refractivity contribution in [3.63, 3.8) is 0 Å². The summed E-state index contributed by atoms with van der Waals surface area (Å²) in [7, 11) is 0. The van der Waals surface area contributed by atoms with Gasteiger partial charge in [0, 0.05) is 5.56 Å². The first-order valence-electron chi connectivity index (χ1n) is 8.41. The molecule has 0 radical (unpaired) electrons. The zero-order chi connectivity index (χ0) is 19.1. The first kappa shape index (κ1) is 18.1. The van der Waals surface area contributed by atoms with E-state index in [1.165, 1.54) is 23.3 Å². The lowest BCUT2D eigenvalue weighted by Crippen LogP contribution is -2.34. The minimum atomic E-state index is -0.347. The molecule has 0 aliphatic carbocycles. The molecule has 136 valence electrons. The van der Waals surface area contributed by atoms with E-state index >= 15 is 0 Å². The quantitative estimate of drug-likeness (QED) is 0.361. The van der Waals surface area contributed by atoms with Gasteiger partial charge in [-0.15, -0.1) is 0 Å². The molecular weight excluding hydrogens is 431 g/mol. The van der Waals surface area contributed by atoms with Crippen LogP contribution < -0.4 is 4.57 Å². The third-order valence-electron chi connectivity index (χ3n) is 4.51. The largest absolute Gasteiger partial charge is 0.436 e. The van der Waals surface area contributed by atoms with Crippen LogP contribution in [0.3, 0.4) is 0 Å². The van der Waals surface area contributed by atoms with Crippen molar-refractivity contribution in [2.45, 2.75) is 20.4 Å². The third kappa shape index (κ3) is 3.75. The summed E-state index contributed by atoms with van der Waals surface area (Å²) in [6, 6.07) is 10.4. The Morgan fingerprint density at radius 2 is 1.89 bits per heavy atom. The average molecular weight is 447 g/mol. The van der Waals surface area contributed by atoms with E-state index in [9.17, 15) is 4.39 Å². The molecule has 0 unspecified atom stereocenters. The summed E-state index contributed by atoms with van der Waals surface area (Å²) in [5.41, 5.74) is 5.62. The lowest BCUT2D eigenvalue weighted by atomic mass is 10.1. The summed E-state index contributed by atoms with van der Waals surface area (Å²) in [4.78, 5) is 4.63. The molecule has 0 amide bonds. The van der Waals surface area contributed by atoms with Crippen molar-refractivity contribution in [3.8, 4) is 11.5 Å². The van der Waals surface area contributed by atoms with Gasteiger partial charge in [0.2, 0.25) is 5.89 Å². The van der Waals surface area contributed by atoms with Crippen LogP contribution in [-0.4, -0.2) is 4.98 Å². The molecule has 0 bridgehead atoms. The van der Waals surface area contributed by atoms with E-state index in [0.29, 0.717) is 17.5 Å². The van der Waals surface area contributed by atoms with Gasteiger partial charge in [-0.05, 0) is 77.3 Å². The molecule has 0 saturated heterocycles. The highest BCUT2D eigenvalue weighted by atomic mass is 79.9. The predicted molar refractivity (Wildman–Crippen MR) is 107 cm³/mol. The molecule has 0 saturated carbocycles. The number of hydrogen-bond acceptors (Lipinski definition) is 2. The summed E-state index contributed by atoms with van der Waals surface area (Å²) >= 11 is 9.70. The molecule has 0 N–H and O–H groups in total.